The molecule has 0 aromatic carbocycles. The van der Waals surface area contributed by atoms with Gasteiger partial charge in [0.2, 0.25) is 5.96 Å². The van der Waals surface area contributed by atoms with Crippen molar-refractivity contribution in [2.75, 3.05) is 0 Å². The van der Waals surface area contributed by atoms with Crippen molar-refractivity contribution in [2.45, 2.75) is 20.0 Å². The molecule has 0 bridgehead atoms. The molecule has 74 valence electrons. The minimum atomic E-state index is -4.45. The van der Waals surface area contributed by atoms with Gasteiger partial charge in [-0.15, -0.1) is 0 Å². The molecule has 0 saturated heterocycles. The molecule has 0 aromatic heterocycles. The zero-order valence-corrected chi connectivity index (χ0v) is 7.24. The first-order chi connectivity index (χ1) is 5.79. The van der Waals surface area contributed by atoms with Crippen molar-refractivity contribution in [3.8, 4) is 0 Å². The Morgan fingerprint density at radius 1 is 1.46 bits per heavy atom. The number of rotatable bonds is 1. The Kier molecular flexibility index (Phi) is 3.65. The van der Waals surface area contributed by atoms with Gasteiger partial charge in [0.05, 0.1) is 11.3 Å². The summed E-state index contributed by atoms with van der Waals surface area (Å²) in [5.41, 5.74) is 3.65. The minimum Gasteiger partial charge on any atom is -0.368 e. The number of hydrogen-bond acceptors (Lipinski definition) is 1. The first-order valence-corrected chi connectivity index (χ1v) is 3.42. The highest BCUT2D eigenvalue weighted by Gasteiger charge is 2.34. The fraction of sp³-hybridized carbons (Fsp3) is 0.429. The number of alkyl halides is 3. The number of hydrogen-bond donors (Lipinski definition) is 2. The lowest BCUT2D eigenvalue weighted by Crippen LogP contribution is -2.20. The maximum atomic E-state index is 12.2. The topological polar surface area (TPSA) is 62.2 Å². The number of halogens is 3. The van der Waals surface area contributed by atoms with E-state index >= 15 is 0 Å². The van der Waals surface area contributed by atoms with Gasteiger partial charge in [-0.2, -0.15) is 13.2 Å². The number of aliphatic imine (C=N–C) groups is 1. The fourth-order valence-electron chi connectivity index (χ4n) is 0.819. The van der Waals surface area contributed by atoms with Gasteiger partial charge in [0.1, 0.15) is 0 Å². The van der Waals surface area contributed by atoms with Crippen LogP contribution >= 0.6 is 0 Å². The lowest BCUT2D eigenvalue weighted by Gasteiger charge is -2.09. The van der Waals surface area contributed by atoms with Gasteiger partial charge in [-0.1, -0.05) is 6.08 Å². The zero-order valence-electron chi connectivity index (χ0n) is 7.24. The maximum absolute atomic E-state index is 12.2. The van der Waals surface area contributed by atoms with Crippen LogP contribution in [0.3, 0.4) is 0 Å². The van der Waals surface area contributed by atoms with E-state index in [9.17, 15) is 13.2 Å². The third kappa shape index (κ3) is 3.73. The van der Waals surface area contributed by atoms with Crippen LogP contribution in [0.4, 0.5) is 13.2 Å². The van der Waals surface area contributed by atoms with E-state index in [1.165, 1.54) is 6.92 Å². The Bertz CT molecular complexity index is 263. The summed E-state index contributed by atoms with van der Waals surface area (Å²) < 4.78 is 36.5. The van der Waals surface area contributed by atoms with Gasteiger partial charge in [-0.3, -0.25) is 5.41 Å². The van der Waals surface area contributed by atoms with Gasteiger partial charge in [-0.05, 0) is 13.8 Å². The van der Waals surface area contributed by atoms with E-state index < -0.39 is 17.7 Å². The molecule has 0 rings (SSSR count). The van der Waals surface area contributed by atoms with Gasteiger partial charge < -0.3 is 5.73 Å². The summed E-state index contributed by atoms with van der Waals surface area (Å²) in [5, 5.41) is 6.69. The molecule has 0 aromatic rings. The van der Waals surface area contributed by atoms with E-state index in [2.05, 4.69) is 4.99 Å². The summed E-state index contributed by atoms with van der Waals surface area (Å²) in [6.07, 6.45) is -3.56. The largest absolute Gasteiger partial charge is 0.417 e. The van der Waals surface area contributed by atoms with Crippen LogP contribution in [0.25, 0.3) is 0 Å². The van der Waals surface area contributed by atoms with Crippen molar-refractivity contribution < 1.29 is 13.2 Å². The van der Waals surface area contributed by atoms with Gasteiger partial charge >= 0.3 is 6.18 Å². The molecule has 0 radical (unpaired) electrons. The highest BCUT2D eigenvalue weighted by Crippen LogP contribution is 2.26. The molecule has 0 amide bonds. The molecule has 0 aliphatic carbocycles. The van der Waals surface area contributed by atoms with E-state index in [0.717, 1.165) is 13.0 Å². The monoisotopic (exact) mass is 193 g/mol. The first-order valence-electron chi connectivity index (χ1n) is 3.42. The molecule has 3 N–H and O–H groups in total. The SMILES string of the molecule is C/C=C(\C(C)=N/C(=N)N)C(F)(F)F. The lowest BCUT2D eigenvalue weighted by molar-refractivity contribution is -0.0861. The Hall–Kier alpha value is -1.33. The van der Waals surface area contributed by atoms with E-state index in [-0.39, 0.29) is 5.71 Å². The molecule has 0 fully saturated rings. The normalized spacial score (nSPS) is 14.5. The molecule has 0 heterocycles. The van der Waals surface area contributed by atoms with Crippen molar-refractivity contribution in [3.05, 3.63) is 11.6 Å². The molecular weight excluding hydrogens is 183 g/mol. The van der Waals surface area contributed by atoms with Crippen molar-refractivity contribution in [1.82, 2.24) is 0 Å². The van der Waals surface area contributed by atoms with E-state index in [1.807, 2.05) is 0 Å². The van der Waals surface area contributed by atoms with Crippen molar-refractivity contribution in [3.63, 3.8) is 0 Å². The van der Waals surface area contributed by atoms with E-state index in [1.54, 1.807) is 0 Å². The van der Waals surface area contributed by atoms with Gasteiger partial charge in [0.25, 0.3) is 0 Å². The van der Waals surface area contributed by atoms with Crippen LogP contribution in [0.5, 0.6) is 0 Å². The number of nitrogens with one attached hydrogen (secondary N) is 1. The molecule has 6 heteroatoms. The summed E-state index contributed by atoms with van der Waals surface area (Å²) >= 11 is 0. The maximum Gasteiger partial charge on any atom is 0.417 e. The quantitative estimate of drug-likeness (QED) is 0.484. The molecule has 0 spiro atoms. The van der Waals surface area contributed by atoms with Crippen LogP contribution in [0.2, 0.25) is 0 Å². The van der Waals surface area contributed by atoms with Crippen LogP contribution in [-0.4, -0.2) is 17.8 Å². The second-order valence-corrected chi connectivity index (χ2v) is 2.28. The number of nitrogens with two attached hydrogens (primary N) is 1. The highest BCUT2D eigenvalue weighted by atomic mass is 19.4. The van der Waals surface area contributed by atoms with Crippen molar-refractivity contribution in [2.24, 2.45) is 10.7 Å². The van der Waals surface area contributed by atoms with Crippen LogP contribution in [0.1, 0.15) is 13.8 Å². The number of allylic oxidation sites excluding steroid dienone is 2. The summed E-state index contributed by atoms with van der Waals surface area (Å²) in [4.78, 5) is 3.20. The van der Waals surface area contributed by atoms with Gasteiger partial charge in [0.15, 0.2) is 0 Å². The third-order valence-electron chi connectivity index (χ3n) is 1.27. The Morgan fingerprint density at radius 2 is 1.92 bits per heavy atom. The third-order valence-corrected chi connectivity index (χ3v) is 1.27. The van der Waals surface area contributed by atoms with Crippen LogP contribution in [-0.2, 0) is 0 Å². The van der Waals surface area contributed by atoms with Crippen LogP contribution in [0.15, 0.2) is 16.6 Å². The Labute approximate surface area is 73.7 Å². The molecule has 0 aliphatic heterocycles. The smallest absolute Gasteiger partial charge is 0.368 e. The second kappa shape index (κ2) is 4.06. The predicted octanol–water partition coefficient (Wildman–Crippen LogP) is 1.85. The Balaban J connectivity index is 4.94. The van der Waals surface area contributed by atoms with E-state index in [4.69, 9.17) is 11.1 Å². The van der Waals surface area contributed by atoms with Crippen molar-refractivity contribution >= 4 is 11.7 Å². The fourth-order valence-corrected chi connectivity index (χ4v) is 0.819. The van der Waals surface area contributed by atoms with Crippen LogP contribution in [0, 0.1) is 5.41 Å². The van der Waals surface area contributed by atoms with E-state index in [0.29, 0.717) is 0 Å². The summed E-state index contributed by atoms with van der Waals surface area (Å²) in [5.74, 6) is -0.638. The predicted molar refractivity (Wildman–Crippen MR) is 44.8 cm³/mol. The molecule has 3 nitrogen and oxygen atoms in total. The summed E-state index contributed by atoms with van der Waals surface area (Å²) in [7, 11) is 0. The zero-order chi connectivity index (χ0) is 10.6. The molecule has 0 saturated carbocycles. The molecule has 0 aliphatic rings. The molecule has 13 heavy (non-hydrogen) atoms. The average molecular weight is 193 g/mol. The second-order valence-electron chi connectivity index (χ2n) is 2.28. The summed E-state index contributed by atoms with van der Waals surface area (Å²) in [6, 6.07) is 0. The minimum absolute atomic E-state index is 0.303. The standard InChI is InChI=1S/C7H10F3N3/c1-3-5(7(8,9)10)4(2)13-6(11)12/h3H,1-2H3,(H3,11,12)/b5-3+,13-4-. The average Bonchev–Trinajstić information content (AvgIpc) is 1.82. The molecular formula is C7H10F3N3. The Morgan fingerprint density at radius 3 is 2.15 bits per heavy atom. The van der Waals surface area contributed by atoms with Crippen molar-refractivity contribution in [1.29, 1.82) is 5.41 Å². The van der Waals surface area contributed by atoms with Crippen LogP contribution < -0.4 is 5.73 Å². The molecule has 0 unspecified atom stereocenters. The number of guanidine groups is 1. The lowest BCUT2D eigenvalue weighted by atomic mass is 10.1. The first kappa shape index (κ1) is 11.7. The summed E-state index contributed by atoms with van der Waals surface area (Å²) in [6.45, 7) is 2.41. The number of nitrogens with zero attached hydrogens (tertiary/aromatic N) is 1. The highest BCUT2D eigenvalue weighted by molar-refractivity contribution is 6.05. The van der Waals surface area contributed by atoms with Gasteiger partial charge in [-0.25, -0.2) is 4.99 Å². The molecule has 0 atom stereocenters. The van der Waals surface area contributed by atoms with Gasteiger partial charge in [0, 0.05) is 0 Å².